The molecule has 4 aromatic rings. The van der Waals surface area contributed by atoms with Crippen LogP contribution >= 0.6 is 27.7 Å². The zero-order valence-corrected chi connectivity index (χ0v) is 17.2. The maximum atomic E-state index is 5.63. The summed E-state index contributed by atoms with van der Waals surface area (Å²) in [6, 6.07) is 15.5. The van der Waals surface area contributed by atoms with Crippen molar-refractivity contribution in [1.29, 1.82) is 0 Å². The van der Waals surface area contributed by atoms with E-state index in [1.807, 2.05) is 55.5 Å². The Morgan fingerprint density at radius 2 is 1.93 bits per heavy atom. The van der Waals surface area contributed by atoms with Gasteiger partial charge >= 0.3 is 0 Å². The molecule has 2 aromatic carbocycles. The molecule has 0 fully saturated rings. The van der Waals surface area contributed by atoms with Crippen LogP contribution in [0, 0.1) is 6.92 Å². The number of benzene rings is 2. The molecule has 0 atom stereocenters. The van der Waals surface area contributed by atoms with Crippen LogP contribution < -0.4 is 4.74 Å². The number of ether oxygens (including phenoxy) is 1. The monoisotopic (exact) mass is 458 g/mol. The van der Waals surface area contributed by atoms with Crippen molar-refractivity contribution in [3.8, 4) is 17.1 Å². The molecule has 0 aliphatic rings. The molecule has 0 saturated carbocycles. The number of thioether (sulfide) groups is 1. The molecule has 2 heterocycles. The van der Waals surface area contributed by atoms with Gasteiger partial charge in [0.25, 0.3) is 11.1 Å². The molecule has 0 amide bonds. The van der Waals surface area contributed by atoms with E-state index in [4.69, 9.17) is 13.7 Å². The van der Waals surface area contributed by atoms with Gasteiger partial charge in [-0.3, -0.25) is 0 Å². The lowest BCUT2D eigenvalue weighted by Gasteiger charge is -2.02. The lowest BCUT2D eigenvalue weighted by atomic mass is 10.2. The van der Waals surface area contributed by atoms with Crippen molar-refractivity contribution < 1.29 is 13.7 Å². The van der Waals surface area contributed by atoms with Crippen LogP contribution in [0.15, 0.2) is 67.2 Å². The van der Waals surface area contributed by atoms with Gasteiger partial charge in [-0.25, -0.2) is 0 Å². The van der Waals surface area contributed by atoms with E-state index >= 15 is 0 Å². The topological polar surface area (TPSA) is 87.1 Å². The number of hydrogen-bond acceptors (Lipinski definition) is 8. The van der Waals surface area contributed by atoms with Gasteiger partial charge in [0.1, 0.15) is 5.75 Å². The van der Waals surface area contributed by atoms with Crippen LogP contribution in [0.5, 0.6) is 5.75 Å². The van der Waals surface area contributed by atoms with E-state index in [9.17, 15) is 0 Å². The van der Waals surface area contributed by atoms with Gasteiger partial charge in [0.2, 0.25) is 11.7 Å². The normalized spacial score (nSPS) is 10.9. The summed E-state index contributed by atoms with van der Waals surface area (Å²) in [5, 5.41) is 12.4. The molecular formula is C19H15BrN4O3S. The van der Waals surface area contributed by atoms with Crippen LogP contribution in [0.3, 0.4) is 0 Å². The van der Waals surface area contributed by atoms with Crippen molar-refractivity contribution in [2.45, 2.75) is 24.5 Å². The predicted octanol–water partition coefficient (Wildman–Crippen LogP) is 5.06. The van der Waals surface area contributed by atoms with Crippen molar-refractivity contribution in [1.82, 2.24) is 20.3 Å². The first-order valence-corrected chi connectivity index (χ1v) is 10.2. The number of hydrogen-bond donors (Lipinski definition) is 0. The SMILES string of the molecule is Cc1ccc(OCc2nnc(SCc3nc(-c4cccc(Br)c4)no3)o2)cc1. The highest BCUT2D eigenvalue weighted by molar-refractivity contribution is 9.10. The summed E-state index contributed by atoms with van der Waals surface area (Å²) in [7, 11) is 0. The van der Waals surface area contributed by atoms with Crippen LogP contribution in [0.1, 0.15) is 17.3 Å². The Labute approximate surface area is 173 Å². The molecule has 0 radical (unpaired) electrons. The average Bonchev–Trinajstić information content (AvgIpc) is 3.35. The summed E-state index contributed by atoms with van der Waals surface area (Å²) < 4.78 is 17.5. The molecule has 28 heavy (non-hydrogen) atoms. The minimum absolute atomic E-state index is 0.213. The van der Waals surface area contributed by atoms with Crippen LogP contribution in [0.4, 0.5) is 0 Å². The first kappa shape index (κ1) is 18.7. The third-order valence-corrected chi connectivity index (χ3v) is 5.00. The second-order valence-electron chi connectivity index (χ2n) is 5.87. The maximum absolute atomic E-state index is 5.63. The molecule has 0 N–H and O–H groups in total. The predicted molar refractivity (Wildman–Crippen MR) is 107 cm³/mol. The van der Waals surface area contributed by atoms with Crippen LogP contribution in [-0.4, -0.2) is 20.3 Å². The van der Waals surface area contributed by atoms with E-state index in [1.165, 1.54) is 17.3 Å². The fourth-order valence-electron chi connectivity index (χ4n) is 2.32. The van der Waals surface area contributed by atoms with Gasteiger partial charge < -0.3 is 13.7 Å². The minimum Gasteiger partial charge on any atom is -0.484 e. The van der Waals surface area contributed by atoms with E-state index in [-0.39, 0.29) is 6.61 Å². The summed E-state index contributed by atoms with van der Waals surface area (Å²) in [4.78, 5) is 4.39. The van der Waals surface area contributed by atoms with Gasteiger partial charge in [-0.1, -0.05) is 62.7 Å². The Bertz CT molecular complexity index is 1060. The third-order valence-electron chi connectivity index (χ3n) is 3.70. The molecule has 2 aromatic heterocycles. The van der Waals surface area contributed by atoms with Gasteiger partial charge in [0.05, 0.1) is 5.75 Å². The Balaban J connectivity index is 1.31. The molecule has 9 heteroatoms. The summed E-state index contributed by atoms with van der Waals surface area (Å²) in [6.45, 7) is 2.24. The molecule has 0 aliphatic carbocycles. The number of halogens is 1. The Kier molecular flexibility index (Phi) is 5.73. The first-order chi connectivity index (χ1) is 13.7. The summed E-state index contributed by atoms with van der Waals surface area (Å²) >= 11 is 4.76. The third kappa shape index (κ3) is 4.79. The number of aryl methyl sites for hydroxylation is 1. The lowest BCUT2D eigenvalue weighted by Crippen LogP contribution is -1.95. The number of rotatable bonds is 7. The zero-order chi connectivity index (χ0) is 19.3. The molecule has 0 unspecified atom stereocenters. The maximum Gasteiger partial charge on any atom is 0.277 e. The number of aromatic nitrogens is 4. The smallest absolute Gasteiger partial charge is 0.277 e. The van der Waals surface area contributed by atoms with Gasteiger partial charge in [0.15, 0.2) is 6.61 Å². The highest BCUT2D eigenvalue weighted by Crippen LogP contribution is 2.24. The van der Waals surface area contributed by atoms with E-state index in [0.29, 0.717) is 28.6 Å². The number of nitrogens with zero attached hydrogens (tertiary/aromatic N) is 4. The molecule has 7 nitrogen and oxygen atoms in total. The molecule has 0 saturated heterocycles. The lowest BCUT2D eigenvalue weighted by molar-refractivity contribution is 0.252. The molecular weight excluding hydrogens is 444 g/mol. The van der Waals surface area contributed by atoms with Gasteiger partial charge in [-0.05, 0) is 31.2 Å². The Hall–Kier alpha value is -2.65. The Morgan fingerprint density at radius 1 is 1.07 bits per heavy atom. The van der Waals surface area contributed by atoms with E-state index < -0.39 is 0 Å². The minimum atomic E-state index is 0.213. The van der Waals surface area contributed by atoms with Crippen molar-refractivity contribution in [2.75, 3.05) is 0 Å². The van der Waals surface area contributed by atoms with Crippen LogP contribution in [-0.2, 0) is 12.4 Å². The van der Waals surface area contributed by atoms with E-state index in [0.717, 1.165) is 15.8 Å². The van der Waals surface area contributed by atoms with E-state index in [2.05, 4.69) is 36.3 Å². The second-order valence-corrected chi connectivity index (χ2v) is 7.72. The standard InChI is InChI=1S/C19H15BrN4O3S/c1-12-5-7-15(8-6-12)25-10-16-22-23-19(26-16)28-11-17-21-18(24-27-17)13-3-2-4-14(20)9-13/h2-9H,10-11H2,1H3. The van der Waals surface area contributed by atoms with Crippen molar-refractivity contribution in [3.63, 3.8) is 0 Å². The van der Waals surface area contributed by atoms with Crippen LogP contribution in [0.2, 0.25) is 0 Å². The average molecular weight is 459 g/mol. The molecule has 142 valence electrons. The molecule has 0 bridgehead atoms. The van der Waals surface area contributed by atoms with Gasteiger partial charge in [0, 0.05) is 10.0 Å². The highest BCUT2D eigenvalue weighted by Gasteiger charge is 2.12. The van der Waals surface area contributed by atoms with Gasteiger partial charge in [-0.2, -0.15) is 4.98 Å². The fourth-order valence-corrected chi connectivity index (χ4v) is 3.33. The highest BCUT2D eigenvalue weighted by atomic mass is 79.9. The van der Waals surface area contributed by atoms with Gasteiger partial charge in [-0.15, -0.1) is 10.2 Å². The molecule has 0 aliphatic heterocycles. The van der Waals surface area contributed by atoms with Crippen molar-refractivity contribution in [3.05, 3.63) is 70.3 Å². The van der Waals surface area contributed by atoms with Crippen molar-refractivity contribution in [2.24, 2.45) is 0 Å². The summed E-state index contributed by atoms with van der Waals surface area (Å²) in [6.07, 6.45) is 0. The zero-order valence-electron chi connectivity index (χ0n) is 14.8. The largest absolute Gasteiger partial charge is 0.484 e. The molecule has 4 rings (SSSR count). The van der Waals surface area contributed by atoms with E-state index in [1.54, 1.807) is 0 Å². The summed E-state index contributed by atoms with van der Waals surface area (Å²) in [5.74, 6) is 2.61. The summed E-state index contributed by atoms with van der Waals surface area (Å²) in [5.41, 5.74) is 2.05. The van der Waals surface area contributed by atoms with Crippen molar-refractivity contribution >= 4 is 27.7 Å². The quantitative estimate of drug-likeness (QED) is 0.355. The van der Waals surface area contributed by atoms with Crippen LogP contribution in [0.25, 0.3) is 11.4 Å². The molecule has 0 spiro atoms. The first-order valence-electron chi connectivity index (χ1n) is 8.39. The Morgan fingerprint density at radius 3 is 2.75 bits per heavy atom. The fraction of sp³-hybridized carbons (Fsp3) is 0.158. The second kappa shape index (κ2) is 8.57.